The summed E-state index contributed by atoms with van der Waals surface area (Å²) in [6, 6.07) is 9.87. The average molecular weight is 344 g/mol. The molecular formula is C21H20N4O. The molecule has 0 aliphatic carbocycles. The molecule has 4 rings (SSSR count). The van der Waals surface area contributed by atoms with Crippen LogP contribution >= 0.6 is 0 Å². The fourth-order valence-corrected chi connectivity index (χ4v) is 3.30. The summed E-state index contributed by atoms with van der Waals surface area (Å²) in [6.07, 6.45) is 6.00. The number of pyridine rings is 3. The zero-order chi connectivity index (χ0) is 18.1. The summed E-state index contributed by atoms with van der Waals surface area (Å²) in [7, 11) is 0. The van der Waals surface area contributed by atoms with Crippen molar-refractivity contribution in [1.82, 2.24) is 19.9 Å². The number of carbonyl (C=O) groups excluding carboxylic acids is 1. The van der Waals surface area contributed by atoms with Crippen LogP contribution in [-0.4, -0.2) is 32.3 Å². The van der Waals surface area contributed by atoms with Gasteiger partial charge in [-0.1, -0.05) is 6.07 Å². The minimum absolute atomic E-state index is 0.0451. The Labute approximate surface area is 152 Å². The third kappa shape index (κ3) is 2.96. The molecule has 0 radical (unpaired) electrons. The van der Waals surface area contributed by atoms with Crippen LogP contribution in [0.1, 0.15) is 33.0 Å². The summed E-state index contributed by atoms with van der Waals surface area (Å²) in [4.78, 5) is 27.9. The highest BCUT2D eigenvalue weighted by atomic mass is 16.2. The van der Waals surface area contributed by atoms with E-state index in [9.17, 15) is 4.79 Å². The first-order valence-corrected chi connectivity index (χ1v) is 8.74. The molecule has 26 heavy (non-hydrogen) atoms. The highest BCUT2D eigenvalue weighted by Gasteiger charge is 2.31. The van der Waals surface area contributed by atoms with Crippen molar-refractivity contribution < 1.29 is 4.79 Å². The highest BCUT2D eigenvalue weighted by molar-refractivity contribution is 6.03. The highest BCUT2D eigenvalue weighted by Crippen LogP contribution is 2.31. The summed E-state index contributed by atoms with van der Waals surface area (Å²) in [5.74, 6) is 0.0451. The SMILES string of the molecule is Cc1ccc(CCN2Cc3nccc(-c4ccncc4)c3C2=O)nc1C. The van der Waals surface area contributed by atoms with Gasteiger partial charge in [0.2, 0.25) is 0 Å². The van der Waals surface area contributed by atoms with E-state index in [0.717, 1.165) is 34.6 Å². The molecule has 0 unspecified atom stereocenters. The molecule has 0 spiro atoms. The van der Waals surface area contributed by atoms with Crippen molar-refractivity contribution in [2.24, 2.45) is 0 Å². The topological polar surface area (TPSA) is 59.0 Å². The van der Waals surface area contributed by atoms with Gasteiger partial charge in [-0.25, -0.2) is 0 Å². The van der Waals surface area contributed by atoms with Gasteiger partial charge < -0.3 is 4.90 Å². The molecule has 0 saturated heterocycles. The summed E-state index contributed by atoms with van der Waals surface area (Å²) in [5.41, 5.74) is 6.71. The van der Waals surface area contributed by atoms with Crippen LogP contribution in [0.2, 0.25) is 0 Å². The molecule has 130 valence electrons. The van der Waals surface area contributed by atoms with Crippen LogP contribution in [0.5, 0.6) is 0 Å². The number of hydrogen-bond acceptors (Lipinski definition) is 4. The lowest BCUT2D eigenvalue weighted by molar-refractivity contribution is 0.0780. The largest absolute Gasteiger partial charge is 0.332 e. The van der Waals surface area contributed by atoms with E-state index in [1.807, 2.05) is 36.1 Å². The molecule has 1 amide bonds. The van der Waals surface area contributed by atoms with Crippen LogP contribution in [0.4, 0.5) is 0 Å². The maximum Gasteiger partial charge on any atom is 0.256 e. The van der Waals surface area contributed by atoms with Gasteiger partial charge in [0.1, 0.15) is 0 Å². The van der Waals surface area contributed by atoms with Crippen molar-refractivity contribution in [2.45, 2.75) is 26.8 Å². The van der Waals surface area contributed by atoms with Gasteiger partial charge in [-0.05, 0) is 54.8 Å². The van der Waals surface area contributed by atoms with E-state index >= 15 is 0 Å². The van der Waals surface area contributed by atoms with Crippen LogP contribution in [0.25, 0.3) is 11.1 Å². The number of nitrogens with zero attached hydrogens (tertiary/aromatic N) is 4. The quantitative estimate of drug-likeness (QED) is 0.728. The van der Waals surface area contributed by atoms with E-state index in [1.165, 1.54) is 5.56 Å². The Bertz CT molecular complexity index is 969. The van der Waals surface area contributed by atoms with Crippen molar-refractivity contribution in [3.8, 4) is 11.1 Å². The Balaban J connectivity index is 1.56. The first-order chi connectivity index (χ1) is 12.6. The first kappa shape index (κ1) is 16.4. The molecule has 0 saturated carbocycles. The van der Waals surface area contributed by atoms with Crippen LogP contribution in [0, 0.1) is 13.8 Å². The summed E-state index contributed by atoms with van der Waals surface area (Å²) in [6.45, 7) is 5.26. The number of amides is 1. The predicted molar refractivity (Wildman–Crippen MR) is 99.6 cm³/mol. The Kier molecular flexibility index (Phi) is 4.21. The molecule has 3 aromatic heterocycles. The summed E-state index contributed by atoms with van der Waals surface area (Å²) >= 11 is 0. The van der Waals surface area contributed by atoms with Gasteiger partial charge in [0, 0.05) is 42.9 Å². The second kappa shape index (κ2) is 6.67. The molecule has 0 N–H and O–H groups in total. The lowest BCUT2D eigenvalue weighted by Gasteiger charge is -2.15. The van der Waals surface area contributed by atoms with Crippen LogP contribution in [-0.2, 0) is 13.0 Å². The Morgan fingerprint density at radius 3 is 2.62 bits per heavy atom. The third-order valence-electron chi connectivity index (χ3n) is 4.91. The maximum absolute atomic E-state index is 13.0. The minimum Gasteiger partial charge on any atom is -0.332 e. The van der Waals surface area contributed by atoms with E-state index in [0.29, 0.717) is 18.7 Å². The molecule has 1 aliphatic heterocycles. The van der Waals surface area contributed by atoms with Crippen molar-refractivity contribution >= 4 is 5.91 Å². The molecular weight excluding hydrogens is 324 g/mol. The molecule has 0 atom stereocenters. The molecule has 0 aromatic carbocycles. The van der Waals surface area contributed by atoms with E-state index in [2.05, 4.69) is 27.9 Å². The van der Waals surface area contributed by atoms with Gasteiger partial charge in [-0.2, -0.15) is 0 Å². The van der Waals surface area contributed by atoms with E-state index in [4.69, 9.17) is 0 Å². The zero-order valence-corrected chi connectivity index (χ0v) is 14.9. The molecule has 0 fully saturated rings. The van der Waals surface area contributed by atoms with Crippen LogP contribution in [0.15, 0.2) is 48.9 Å². The molecule has 4 heterocycles. The Morgan fingerprint density at radius 1 is 1.04 bits per heavy atom. The fourth-order valence-electron chi connectivity index (χ4n) is 3.30. The molecule has 0 bridgehead atoms. The van der Waals surface area contributed by atoms with E-state index in [1.54, 1.807) is 18.6 Å². The number of rotatable bonds is 4. The van der Waals surface area contributed by atoms with Crippen LogP contribution < -0.4 is 0 Å². The van der Waals surface area contributed by atoms with Gasteiger partial charge in [0.15, 0.2) is 0 Å². The minimum atomic E-state index is 0.0451. The second-order valence-electron chi connectivity index (χ2n) is 6.60. The third-order valence-corrected chi connectivity index (χ3v) is 4.91. The second-order valence-corrected chi connectivity index (χ2v) is 6.60. The standard InChI is InChI=1S/C21H20N4O/c1-14-3-4-17(24-15(14)2)8-12-25-13-19-20(21(25)26)18(7-11-23-19)16-5-9-22-10-6-16/h3-7,9-11H,8,12-13H2,1-2H3. The summed E-state index contributed by atoms with van der Waals surface area (Å²) in [5, 5.41) is 0. The number of aromatic nitrogens is 3. The molecule has 3 aromatic rings. The lowest BCUT2D eigenvalue weighted by atomic mass is 10.0. The van der Waals surface area contributed by atoms with Crippen molar-refractivity contribution in [2.75, 3.05) is 6.54 Å². The molecule has 5 heteroatoms. The average Bonchev–Trinajstić information content (AvgIpc) is 2.99. The van der Waals surface area contributed by atoms with Crippen LogP contribution in [0.3, 0.4) is 0 Å². The molecule has 1 aliphatic rings. The smallest absolute Gasteiger partial charge is 0.256 e. The Morgan fingerprint density at radius 2 is 1.85 bits per heavy atom. The lowest BCUT2D eigenvalue weighted by Crippen LogP contribution is -2.26. The normalized spacial score (nSPS) is 13.2. The first-order valence-electron chi connectivity index (χ1n) is 8.74. The van der Waals surface area contributed by atoms with E-state index < -0.39 is 0 Å². The Hall–Kier alpha value is -3.08. The van der Waals surface area contributed by atoms with Crippen molar-refractivity contribution in [3.05, 3.63) is 77.1 Å². The summed E-state index contributed by atoms with van der Waals surface area (Å²) < 4.78 is 0. The zero-order valence-electron chi connectivity index (χ0n) is 14.9. The maximum atomic E-state index is 13.0. The number of aryl methyl sites for hydroxylation is 2. The predicted octanol–water partition coefficient (Wildman–Crippen LogP) is 3.35. The van der Waals surface area contributed by atoms with Crippen molar-refractivity contribution in [1.29, 1.82) is 0 Å². The number of carbonyl (C=O) groups is 1. The number of hydrogen-bond donors (Lipinski definition) is 0. The van der Waals surface area contributed by atoms with Crippen molar-refractivity contribution in [3.63, 3.8) is 0 Å². The monoisotopic (exact) mass is 344 g/mol. The van der Waals surface area contributed by atoms with Gasteiger partial charge in [0.25, 0.3) is 5.91 Å². The van der Waals surface area contributed by atoms with Gasteiger partial charge in [-0.3, -0.25) is 19.7 Å². The molecule has 5 nitrogen and oxygen atoms in total. The van der Waals surface area contributed by atoms with E-state index in [-0.39, 0.29) is 5.91 Å². The van der Waals surface area contributed by atoms with Gasteiger partial charge in [0.05, 0.1) is 17.8 Å². The fraction of sp³-hybridized carbons (Fsp3) is 0.238. The number of fused-ring (bicyclic) bond motifs is 1. The van der Waals surface area contributed by atoms with Gasteiger partial charge >= 0.3 is 0 Å². The van der Waals surface area contributed by atoms with Gasteiger partial charge in [-0.15, -0.1) is 0 Å².